The lowest BCUT2D eigenvalue weighted by atomic mass is 10.1. The van der Waals surface area contributed by atoms with E-state index < -0.39 is 10.0 Å². The number of rotatable bonds is 8. The minimum atomic E-state index is -3.45. The molecule has 0 atom stereocenters. The molecule has 0 saturated heterocycles. The molecule has 0 bridgehead atoms. The van der Waals surface area contributed by atoms with Gasteiger partial charge in [-0.15, -0.1) is 0 Å². The Hall–Kier alpha value is -1.20. The Morgan fingerprint density at radius 1 is 1.11 bits per heavy atom. The van der Waals surface area contributed by atoms with E-state index in [0.29, 0.717) is 18.5 Å². The predicted octanol–water partition coefficient (Wildman–Crippen LogP) is 2.75. The van der Waals surface area contributed by atoms with Gasteiger partial charge >= 0.3 is 0 Å². The van der Waals surface area contributed by atoms with Crippen molar-refractivity contribution in [1.29, 1.82) is 0 Å². The Balaban J connectivity index is 2.77. The minimum Gasteiger partial charge on any atom is -0.294 e. The summed E-state index contributed by atoms with van der Waals surface area (Å²) in [4.78, 5) is 11.9. The lowest BCUT2D eigenvalue weighted by molar-refractivity contribution is 0.0981. The summed E-state index contributed by atoms with van der Waals surface area (Å²) in [6.07, 6.45) is 3.03. The van der Waals surface area contributed by atoms with Crippen LogP contribution in [0.3, 0.4) is 0 Å². The highest BCUT2D eigenvalue weighted by Gasteiger charge is 2.13. The molecule has 0 heterocycles. The Morgan fingerprint density at radius 2 is 1.74 bits per heavy atom. The maximum absolute atomic E-state index is 11.9. The van der Waals surface area contributed by atoms with Gasteiger partial charge in [-0.25, -0.2) is 13.1 Å². The second-order valence-corrected chi connectivity index (χ2v) is 6.22. The number of ketones is 1. The first-order valence-electron chi connectivity index (χ1n) is 6.64. The molecule has 106 valence electrons. The fourth-order valence-electron chi connectivity index (χ4n) is 1.66. The maximum atomic E-state index is 11.9. The molecule has 5 heteroatoms. The molecule has 0 aliphatic heterocycles. The molecule has 0 amide bonds. The first-order valence-corrected chi connectivity index (χ1v) is 8.12. The van der Waals surface area contributed by atoms with E-state index in [1.807, 2.05) is 13.8 Å². The summed E-state index contributed by atoms with van der Waals surface area (Å²) in [7, 11) is -3.45. The van der Waals surface area contributed by atoms with Crippen LogP contribution in [-0.4, -0.2) is 20.7 Å². The summed E-state index contributed by atoms with van der Waals surface area (Å²) < 4.78 is 26.4. The Labute approximate surface area is 115 Å². The van der Waals surface area contributed by atoms with Gasteiger partial charge in [0.25, 0.3) is 0 Å². The molecule has 1 N–H and O–H groups in total. The number of carbonyl (C=O) groups is 1. The molecule has 0 aliphatic carbocycles. The zero-order valence-corrected chi connectivity index (χ0v) is 12.3. The molecule has 0 radical (unpaired) electrons. The molecule has 0 spiro atoms. The number of nitrogens with one attached hydrogen (secondary N) is 1. The van der Waals surface area contributed by atoms with Crippen LogP contribution >= 0.6 is 0 Å². The van der Waals surface area contributed by atoms with Crippen LogP contribution in [-0.2, 0) is 10.0 Å². The molecule has 1 aromatic rings. The van der Waals surface area contributed by atoms with Gasteiger partial charge in [-0.05, 0) is 25.0 Å². The third-order valence-corrected chi connectivity index (χ3v) is 4.26. The van der Waals surface area contributed by atoms with Crippen LogP contribution in [0.5, 0.6) is 0 Å². The Morgan fingerprint density at radius 3 is 2.26 bits per heavy atom. The van der Waals surface area contributed by atoms with E-state index in [1.54, 1.807) is 12.1 Å². The van der Waals surface area contributed by atoms with Gasteiger partial charge in [0.05, 0.1) is 4.90 Å². The van der Waals surface area contributed by atoms with Crippen LogP contribution in [0.25, 0.3) is 0 Å². The lowest BCUT2D eigenvalue weighted by Crippen LogP contribution is -2.24. The molecule has 1 rings (SSSR count). The monoisotopic (exact) mass is 283 g/mol. The van der Waals surface area contributed by atoms with Crippen LogP contribution in [0.4, 0.5) is 0 Å². The van der Waals surface area contributed by atoms with Gasteiger partial charge in [0.1, 0.15) is 0 Å². The predicted molar refractivity (Wildman–Crippen MR) is 75.8 cm³/mol. The molecule has 0 saturated carbocycles. The summed E-state index contributed by atoms with van der Waals surface area (Å²) >= 11 is 0. The fraction of sp³-hybridized carbons (Fsp3) is 0.500. The molecule has 4 nitrogen and oxygen atoms in total. The highest BCUT2D eigenvalue weighted by molar-refractivity contribution is 7.89. The van der Waals surface area contributed by atoms with E-state index in [0.717, 1.165) is 19.3 Å². The minimum absolute atomic E-state index is 0.0467. The molecule has 0 unspecified atom stereocenters. The third-order valence-electron chi connectivity index (χ3n) is 2.79. The molecule has 19 heavy (non-hydrogen) atoms. The van der Waals surface area contributed by atoms with E-state index in [9.17, 15) is 13.2 Å². The van der Waals surface area contributed by atoms with Crippen LogP contribution in [0, 0.1) is 0 Å². The van der Waals surface area contributed by atoms with Crippen molar-refractivity contribution < 1.29 is 13.2 Å². The topological polar surface area (TPSA) is 63.2 Å². The van der Waals surface area contributed by atoms with Crippen molar-refractivity contribution in [3.63, 3.8) is 0 Å². The van der Waals surface area contributed by atoms with Gasteiger partial charge in [-0.1, -0.05) is 32.4 Å². The average Bonchev–Trinajstić information content (AvgIpc) is 2.39. The molecule has 0 aromatic heterocycles. The summed E-state index contributed by atoms with van der Waals surface area (Å²) in [5, 5.41) is 0. The summed E-state index contributed by atoms with van der Waals surface area (Å²) in [6, 6.07) is 6.12. The highest BCUT2D eigenvalue weighted by atomic mass is 32.2. The number of Topliss-reactive ketones (excluding diaryl/α,β-unsaturated/α-hetero) is 1. The molecular formula is C14H21NO3S. The van der Waals surface area contributed by atoms with Crippen molar-refractivity contribution in [2.45, 2.75) is 44.4 Å². The summed E-state index contributed by atoms with van der Waals surface area (Å²) in [5.74, 6) is 0.0467. The molecular weight excluding hydrogens is 262 g/mol. The van der Waals surface area contributed by atoms with E-state index in [2.05, 4.69) is 4.72 Å². The first-order chi connectivity index (χ1) is 9.01. The van der Waals surface area contributed by atoms with Gasteiger partial charge in [-0.3, -0.25) is 4.79 Å². The number of carbonyl (C=O) groups excluding carboxylic acids is 1. The lowest BCUT2D eigenvalue weighted by Gasteiger charge is -2.06. The standard InChI is InChI=1S/C14H21NO3S/c1-3-5-11-15-19(17,18)13-9-7-12(8-10-13)14(16)6-4-2/h7-10,15H,3-6,11H2,1-2H3. The van der Waals surface area contributed by atoms with Gasteiger partial charge in [-0.2, -0.15) is 0 Å². The summed E-state index contributed by atoms with van der Waals surface area (Å²) in [6.45, 7) is 4.38. The molecule has 0 aliphatic rings. The second-order valence-electron chi connectivity index (χ2n) is 4.45. The number of unbranched alkanes of at least 4 members (excludes halogenated alkanes) is 1. The Kier molecular flexibility index (Phi) is 6.18. The van der Waals surface area contributed by atoms with Crippen molar-refractivity contribution in [2.75, 3.05) is 6.54 Å². The van der Waals surface area contributed by atoms with E-state index in [4.69, 9.17) is 0 Å². The van der Waals surface area contributed by atoms with Gasteiger partial charge < -0.3 is 0 Å². The van der Waals surface area contributed by atoms with E-state index in [1.165, 1.54) is 12.1 Å². The quantitative estimate of drug-likeness (QED) is 0.589. The Bertz CT molecular complexity index is 506. The zero-order chi connectivity index (χ0) is 14.3. The van der Waals surface area contributed by atoms with Crippen LogP contribution < -0.4 is 4.72 Å². The number of hydrogen-bond acceptors (Lipinski definition) is 3. The zero-order valence-electron chi connectivity index (χ0n) is 11.5. The summed E-state index contributed by atoms with van der Waals surface area (Å²) in [5.41, 5.74) is 0.564. The SMILES string of the molecule is CCCCNS(=O)(=O)c1ccc(C(=O)CCC)cc1. The van der Waals surface area contributed by atoms with Crippen LogP contribution in [0.15, 0.2) is 29.2 Å². The normalized spacial score (nSPS) is 11.5. The largest absolute Gasteiger partial charge is 0.294 e. The number of sulfonamides is 1. The van der Waals surface area contributed by atoms with Gasteiger partial charge in [0.15, 0.2) is 5.78 Å². The van der Waals surface area contributed by atoms with Gasteiger partial charge in [0.2, 0.25) is 10.0 Å². The van der Waals surface area contributed by atoms with Crippen LogP contribution in [0.1, 0.15) is 49.9 Å². The van der Waals surface area contributed by atoms with Crippen molar-refractivity contribution >= 4 is 15.8 Å². The molecule has 1 aromatic carbocycles. The fourth-order valence-corrected chi connectivity index (χ4v) is 2.73. The van der Waals surface area contributed by atoms with Crippen molar-refractivity contribution in [3.05, 3.63) is 29.8 Å². The van der Waals surface area contributed by atoms with Crippen molar-refractivity contribution in [1.82, 2.24) is 4.72 Å². The third kappa shape index (κ3) is 4.76. The van der Waals surface area contributed by atoms with Crippen molar-refractivity contribution in [3.8, 4) is 0 Å². The average molecular weight is 283 g/mol. The van der Waals surface area contributed by atoms with Gasteiger partial charge in [0, 0.05) is 18.5 Å². The second kappa shape index (κ2) is 7.40. The first kappa shape index (κ1) is 15.9. The van der Waals surface area contributed by atoms with Crippen molar-refractivity contribution in [2.24, 2.45) is 0 Å². The van der Waals surface area contributed by atoms with E-state index in [-0.39, 0.29) is 10.7 Å². The highest BCUT2D eigenvalue weighted by Crippen LogP contribution is 2.12. The smallest absolute Gasteiger partial charge is 0.240 e. The van der Waals surface area contributed by atoms with Crippen LogP contribution in [0.2, 0.25) is 0 Å². The molecule has 0 fully saturated rings. The number of hydrogen-bond donors (Lipinski definition) is 1. The number of benzene rings is 1. The maximum Gasteiger partial charge on any atom is 0.240 e. The van der Waals surface area contributed by atoms with E-state index >= 15 is 0 Å².